The number of carbonyl (C=O) groups is 1. The van der Waals surface area contributed by atoms with Gasteiger partial charge in [-0.15, -0.1) is 23.1 Å². The van der Waals surface area contributed by atoms with Crippen molar-refractivity contribution in [1.82, 2.24) is 9.88 Å². The van der Waals surface area contributed by atoms with E-state index in [2.05, 4.69) is 9.88 Å². The number of thiophene rings is 1. The summed E-state index contributed by atoms with van der Waals surface area (Å²) in [5, 5.41) is 12.8. The molecule has 0 saturated carbocycles. The first kappa shape index (κ1) is 26.2. The Balaban J connectivity index is 1.37. The zero-order valence-electron chi connectivity index (χ0n) is 19.5. The van der Waals surface area contributed by atoms with E-state index in [1.807, 2.05) is 18.2 Å². The maximum atomic E-state index is 13.2. The Morgan fingerprint density at radius 2 is 2.29 bits per heavy atom. The van der Waals surface area contributed by atoms with Crippen molar-refractivity contribution < 1.29 is 19.0 Å². The molecule has 1 aliphatic rings. The number of piperidine rings is 1. The molecule has 0 amide bonds. The van der Waals surface area contributed by atoms with Crippen LogP contribution in [0.4, 0.5) is 4.39 Å². The Morgan fingerprint density at radius 3 is 3.00 bits per heavy atom. The van der Waals surface area contributed by atoms with Crippen molar-refractivity contribution in [2.45, 2.75) is 29.5 Å². The predicted molar refractivity (Wildman–Crippen MR) is 140 cm³/mol. The van der Waals surface area contributed by atoms with Crippen LogP contribution in [-0.4, -0.2) is 53.5 Å². The van der Waals surface area contributed by atoms with Gasteiger partial charge in [0.25, 0.3) is 0 Å². The second-order valence-electron chi connectivity index (χ2n) is 8.81. The first-order valence-corrected chi connectivity index (χ1v) is 13.8. The van der Waals surface area contributed by atoms with Crippen LogP contribution in [0.1, 0.15) is 30.9 Å². The number of nitrogens with two attached hydrogens (primary N) is 1. The molecule has 35 heavy (non-hydrogen) atoms. The van der Waals surface area contributed by atoms with E-state index in [0.29, 0.717) is 30.2 Å². The van der Waals surface area contributed by atoms with Crippen molar-refractivity contribution in [3.63, 3.8) is 0 Å². The molecule has 0 bridgehead atoms. The van der Waals surface area contributed by atoms with Crippen molar-refractivity contribution in [2.24, 2.45) is 17.6 Å². The maximum Gasteiger partial charge on any atom is 0.308 e. The van der Waals surface area contributed by atoms with E-state index in [4.69, 9.17) is 22.1 Å². The van der Waals surface area contributed by atoms with Crippen molar-refractivity contribution in [1.29, 1.82) is 0 Å². The lowest BCUT2D eigenvalue weighted by Gasteiger charge is -2.37. The van der Waals surface area contributed by atoms with Gasteiger partial charge in [-0.05, 0) is 61.6 Å². The Morgan fingerprint density at radius 1 is 1.46 bits per heavy atom. The average Bonchev–Trinajstić information content (AvgIpc) is 3.27. The van der Waals surface area contributed by atoms with Gasteiger partial charge in [0.15, 0.2) is 0 Å². The number of carboxylic acid groups (broad SMARTS) is 1. The number of ether oxygens (including phenoxy) is 1. The molecule has 10 heteroatoms. The second-order valence-corrected chi connectivity index (χ2v) is 11.5. The fourth-order valence-electron chi connectivity index (χ4n) is 4.75. The van der Waals surface area contributed by atoms with Gasteiger partial charge in [-0.2, -0.15) is 0 Å². The van der Waals surface area contributed by atoms with Gasteiger partial charge in [-0.3, -0.25) is 9.78 Å². The lowest BCUT2D eigenvalue weighted by Crippen LogP contribution is -2.44. The highest BCUT2D eigenvalue weighted by Gasteiger charge is 2.34. The van der Waals surface area contributed by atoms with E-state index in [0.717, 1.165) is 45.9 Å². The second kappa shape index (κ2) is 11.9. The highest BCUT2D eigenvalue weighted by atomic mass is 35.5. The Kier molecular flexibility index (Phi) is 8.88. The number of rotatable bonds is 10. The molecule has 4 rings (SSSR count). The van der Waals surface area contributed by atoms with E-state index in [1.165, 1.54) is 16.7 Å². The zero-order valence-corrected chi connectivity index (χ0v) is 21.8. The number of hydrogen-bond acceptors (Lipinski definition) is 7. The van der Waals surface area contributed by atoms with Crippen molar-refractivity contribution in [3.05, 3.63) is 52.2 Å². The maximum absolute atomic E-state index is 13.2. The third-order valence-electron chi connectivity index (χ3n) is 6.64. The van der Waals surface area contributed by atoms with Crippen LogP contribution in [0.2, 0.25) is 5.02 Å². The van der Waals surface area contributed by atoms with Crippen LogP contribution in [-0.2, 0) is 4.79 Å². The Hall–Kier alpha value is -1.91. The number of aromatic nitrogens is 1. The summed E-state index contributed by atoms with van der Waals surface area (Å²) in [6.45, 7) is 2.14. The van der Waals surface area contributed by atoms with Gasteiger partial charge in [0.1, 0.15) is 11.6 Å². The minimum atomic E-state index is -0.765. The van der Waals surface area contributed by atoms with Crippen molar-refractivity contribution in [3.8, 4) is 5.75 Å². The number of likely N-dealkylation sites (tertiary alicyclic amines) is 1. The summed E-state index contributed by atoms with van der Waals surface area (Å²) in [6.07, 6.45) is 3.76. The first-order chi connectivity index (χ1) is 16.9. The molecule has 3 aromatic rings. The molecule has 0 radical (unpaired) electrons. The zero-order chi connectivity index (χ0) is 24.9. The van der Waals surface area contributed by atoms with Crippen LogP contribution >= 0.6 is 34.7 Å². The lowest BCUT2D eigenvalue weighted by atomic mass is 9.81. The molecule has 1 aliphatic heterocycles. The van der Waals surface area contributed by atoms with E-state index < -0.39 is 11.9 Å². The number of hydrogen-bond donors (Lipinski definition) is 2. The van der Waals surface area contributed by atoms with Crippen LogP contribution in [0.3, 0.4) is 0 Å². The summed E-state index contributed by atoms with van der Waals surface area (Å²) in [4.78, 5) is 18.7. The number of carboxylic acids is 1. The Bertz CT molecular complexity index is 1180. The predicted octanol–water partition coefficient (Wildman–Crippen LogP) is 5.69. The number of thioether (sulfide) groups is 1. The van der Waals surface area contributed by atoms with Crippen LogP contribution in [0.15, 0.2) is 40.1 Å². The van der Waals surface area contributed by atoms with Crippen LogP contribution in [0.5, 0.6) is 5.75 Å². The normalized spacial score (nSPS) is 19.7. The lowest BCUT2D eigenvalue weighted by molar-refractivity contribution is -0.146. The number of aliphatic carboxylic acids is 1. The van der Waals surface area contributed by atoms with Gasteiger partial charge < -0.3 is 20.5 Å². The molecule has 1 saturated heterocycles. The summed E-state index contributed by atoms with van der Waals surface area (Å²) in [5.41, 5.74) is 8.22. The summed E-state index contributed by atoms with van der Waals surface area (Å²) in [7, 11) is 1.61. The van der Waals surface area contributed by atoms with Gasteiger partial charge in [0.2, 0.25) is 0 Å². The van der Waals surface area contributed by atoms with E-state index in [-0.39, 0.29) is 17.8 Å². The van der Waals surface area contributed by atoms with E-state index >= 15 is 0 Å². The third-order valence-corrected chi connectivity index (χ3v) is 9.07. The van der Waals surface area contributed by atoms with E-state index in [1.54, 1.807) is 31.1 Å². The molecule has 1 fully saturated rings. The smallest absolute Gasteiger partial charge is 0.308 e. The highest BCUT2D eigenvalue weighted by molar-refractivity contribution is 8.01. The number of methoxy groups -OCH3 is 1. The quantitative estimate of drug-likeness (QED) is 0.321. The van der Waals surface area contributed by atoms with E-state index in [9.17, 15) is 14.3 Å². The molecule has 1 aromatic carbocycles. The number of benzene rings is 1. The topological polar surface area (TPSA) is 88.7 Å². The molecule has 0 aliphatic carbocycles. The number of nitrogens with zero attached hydrogens (tertiary/aromatic N) is 2. The number of pyridine rings is 1. The molecule has 3 heterocycles. The van der Waals surface area contributed by atoms with Gasteiger partial charge in [-0.25, -0.2) is 4.39 Å². The van der Waals surface area contributed by atoms with Crippen LogP contribution in [0, 0.1) is 17.7 Å². The largest absolute Gasteiger partial charge is 0.497 e. The fourth-order valence-corrected chi connectivity index (χ4v) is 6.93. The monoisotopic (exact) mass is 537 g/mol. The van der Waals surface area contributed by atoms with Crippen LogP contribution in [0.25, 0.3) is 10.9 Å². The van der Waals surface area contributed by atoms with Gasteiger partial charge in [-0.1, -0.05) is 11.6 Å². The van der Waals surface area contributed by atoms with Crippen molar-refractivity contribution in [2.75, 3.05) is 32.5 Å². The average molecular weight is 538 g/mol. The molecule has 188 valence electrons. The highest BCUT2D eigenvalue weighted by Crippen LogP contribution is 2.36. The molecule has 6 nitrogen and oxygen atoms in total. The molecule has 3 N–H and O–H groups in total. The Labute approximate surface area is 217 Å². The molecular formula is C25H29ClFN3O3S2. The van der Waals surface area contributed by atoms with Crippen molar-refractivity contribution >= 4 is 51.6 Å². The summed E-state index contributed by atoms with van der Waals surface area (Å²) >= 11 is 9.51. The first-order valence-electron chi connectivity index (χ1n) is 11.6. The minimum absolute atomic E-state index is 0.0512. The minimum Gasteiger partial charge on any atom is -0.497 e. The molecule has 2 aromatic heterocycles. The summed E-state index contributed by atoms with van der Waals surface area (Å²) < 4.78 is 19.5. The van der Waals surface area contributed by atoms with Gasteiger partial charge in [0, 0.05) is 41.8 Å². The SMILES string of the molecule is COc1ccc2ncc(Cl)c(C(N)CCC3CCN(CCSc4cc(F)cs4)CC3C(=O)O)c2c1. The molecule has 3 unspecified atom stereocenters. The molecule has 3 atom stereocenters. The summed E-state index contributed by atoms with van der Waals surface area (Å²) in [5.74, 6) is 0.149. The molecular weight excluding hydrogens is 509 g/mol. The fraction of sp³-hybridized carbons (Fsp3) is 0.440. The summed E-state index contributed by atoms with van der Waals surface area (Å²) in [6, 6.07) is 6.82. The van der Waals surface area contributed by atoms with Gasteiger partial charge in [0.05, 0.1) is 27.8 Å². The standard InChI is InChI=1S/C25H29ClFN3O3S2/c1-33-17-3-5-22-18(11-17)24(20(26)12-29-22)21(28)4-2-15-6-7-30(13-19(15)25(31)32)8-9-34-23-10-16(27)14-35-23/h3,5,10-12,14-15,19,21H,2,4,6-9,13,28H2,1H3,(H,31,32). The third kappa shape index (κ3) is 6.46. The van der Waals surface area contributed by atoms with Crippen LogP contribution < -0.4 is 10.5 Å². The van der Waals surface area contributed by atoms with Gasteiger partial charge >= 0.3 is 5.97 Å². The number of halogens is 2. The number of fused-ring (bicyclic) bond motifs is 1. The molecule has 0 spiro atoms.